The van der Waals surface area contributed by atoms with Crippen LogP contribution in [0.4, 0.5) is 5.69 Å². The second-order valence-corrected chi connectivity index (χ2v) is 5.73. The van der Waals surface area contributed by atoms with Crippen molar-refractivity contribution in [2.75, 3.05) is 19.0 Å². The van der Waals surface area contributed by atoms with Crippen LogP contribution in [0, 0.1) is 0 Å². The SMILES string of the molecule is CN(C)c1cc[c]([Hg])cc1.O. The number of hydrogen-bond donors (Lipinski definition) is 0. The zero-order valence-corrected chi connectivity index (χ0v) is 12.5. The minimum atomic E-state index is 0. The molecule has 0 aliphatic heterocycles. The molecule has 3 heteroatoms. The Balaban J connectivity index is 0.000001000. The van der Waals surface area contributed by atoms with Crippen LogP contribution in [0.15, 0.2) is 24.3 Å². The Hall–Kier alpha value is -0.0849. The van der Waals surface area contributed by atoms with E-state index in [2.05, 4.69) is 43.3 Å². The fraction of sp³-hybridized carbons (Fsp3) is 0.250. The van der Waals surface area contributed by atoms with Gasteiger partial charge in [0.2, 0.25) is 0 Å². The van der Waals surface area contributed by atoms with E-state index >= 15 is 0 Å². The Bertz CT molecular complexity index is 208. The fourth-order valence-electron chi connectivity index (χ4n) is 0.794. The van der Waals surface area contributed by atoms with Crippen molar-refractivity contribution in [1.82, 2.24) is 0 Å². The Morgan fingerprint density at radius 3 is 1.91 bits per heavy atom. The van der Waals surface area contributed by atoms with Gasteiger partial charge in [-0.05, 0) is 0 Å². The van der Waals surface area contributed by atoms with E-state index in [0.29, 0.717) is 0 Å². The summed E-state index contributed by atoms with van der Waals surface area (Å²) in [5, 5.41) is 0. The third-order valence-electron chi connectivity index (χ3n) is 1.45. The molecule has 0 aliphatic rings. The van der Waals surface area contributed by atoms with Crippen LogP contribution < -0.4 is 7.97 Å². The van der Waals surface area contributed by atoms with E-state index in [4.69, 9.17) is 0 Å². The Labute approximate surface area is 83.5 Å². The molecule has 0 fully saturated rings. The normalized spacial score (nSPS) is 8.73. The van der Waals surface area contributed by atoms with Crippen LogP contribution in [0.3, 0.4) is 0 Å². The standard InChI is InChI=1S/C8H10N.Hg.H2O/c1-9(2)8-6-4-3-5-7-8;;/h4-7H,1-2H3;;1H2. The minimum absolute atomic E-state index is 0. The van der Waals surface area contributed by atoms with Crippen LogP contribution in [0.2, 0.25) is 0 Å². The van der Waals surface area contributed by atoms with E-state index in [9.17, 15) is 0 Å². The van der Waals surface area contributed by atoms with Gasteiger partial charge in [0.15, 0.2) is 0 Å². The molecule has 0 heterocycles. The van der Waals surface area contributed by atoms with Crippen LogP contribution in [0.5, 0.6) is 0 Å². The molecular formula is C8H12HgNO. The molecule has 0 atom stereocenters. The average molecular weight is 339 g/mol. The number of rotatable bonds is 1. The van der Waals surface area contributed by atoms with Crippen molar-refractivity contribution in [2.24, 2.45) is 0 Å². The molecule has 0 saturated carbocycles. The summed E-state index contributed by atoms with van der Waals surface area (Å²) in [6, 6.07) is 8.75. The van der Waals surface area contributed by atoms with Crippen molar-refractivity contribution in [3.63, 3.8) is 0 Å². The first kappa shape index (κ1) is 10.9. The quantitative estimate of drug-likeness (QED) is 0.669. The first-order valence-corrected chi connectivity index (χ1v) is 6.04. The summed E-state index contributed by atoms with van der Waals surface area (Å²) in [6.45, 7) is 0. The van der Waals surface area contributed by atoms with Crippen LogP contribution in [0.1, 0.15) is 0 Å². The van der Waals surface area contributed by atoms with Gasteiger partial charge in [-0.2, -0.15) is 0 Å². The first-order valence-electron chi connectivity index (χ1n) is 3.29. The molecule has 0 radical (unpaired) electrons. The zero-order chi connectivity index (χ0) is 7.56. The first-order chi connectivity index (χ1) is 4.70. The van der Waals surface area contributed by atoms with E-state index in [-0.39, 0.29) is 5.48 Å². The molecule has 1 aromatic rings. The average Bonchev–Trinajstić information content (AvgIpc) is 1.88. The molecule has 0 unspecified atom stereocenters. The molecule has 0 aromatic heterocycles. The molecule has 0 bridgehead atoms. The molecular weight excluding hydrogens is 327 g/mol. The van der Waals surface area contributed by atoms with Gasteiger partial charge in [-0.3, -0.25) is 0 Å². The maximum absolute atomic E-state index is 2.21. The predicted molar refractivity (Wildman–Crippen MR) is 44.0 cm³/mol. The molecule has 0 saturated heterocycles. The summed E-state index contributed by atoms with van der Waals surface area (Å²) < 4.78 is 1.51. The number of benzene rings is 1. The van der Waals surface area contributed by atoms with Crippen molar-refractivity contribution >= 4 is 8.76 Å². The Morgan fingerprint density at radius 2 is 1.55 bits per heavy atom. The van der Waals surface area contributed by atoms with Crippen molar-refractivity contribution in [2.45, 2.75) is 0 Å². The van der Waals surface area contributed by atoms with E-state index < -0.39 is 0 Å². The van der Waals surface area contributed by atoms with Gasteiger partial charge in [0.1, 0.15) is 0 Å². The molecule has 2 nitrogen and oxygen atoms in total. The van der Waals surface area contributed by atoms with E-state index in [1.807, 2.05) is 0 Å². The van der Waals surface area contributed by atoms with Crippen LogP contribution >= 0.6 is 0 Å². The molecule has 1 aromatic carbocycles. The minimum Gasteiger partial charge on any atom is -0.412 e. The summed E-state index contributed by atoms with van der Waals surface area (Å²) in [7, 11) is 4.12. The number of anilines is 1. The molecule has 0 aliphatic carbocycles. The number of hydrogen-bond acceptors (Lipinski definition) is 1. The third kappa shape index (κ3) is 3.21. The van der Waals surface area contributed by atoms with Gasteiger partial charge in [0.25, 0.3) is 0 Å². The summed E-state index contributed by atoms with van der Waals surface area (Å²) in [5.41, 5.74) is 1.29. The zero-order valence-electron chi connectivity index (χ0n) is 6.96. The largest absolute Gasteiger partial charge is 0.412 e. The summed E-state index contributed by atoms with van der Waals surface area (Å²) in [6.07, 6.45) is 0. The molecule has 0 amide bonds. The molecule has 57 valence electrons. The van der Waals surface area contributed by atoms with Crippen LogP contribution in [0.25, 0.3) is 0 Å². The molecule has 1 rings (SSSR count). The monoisotopic (exact) mass is 340 g/mol. The van der Waals surface area contributed by atoms with Gasteiger partial charge in [-0.1, -0.05) is 0 Å². The van der Waals surface area contributed by atoms with Crippen molar-refractivity contribution in [1.29, 1.82) is 0 Å². The topological polar surface area (TPSA) is 34.7 Å². The predicted octanol–water partition coefficient (Wildman–Crippen LogP) is 0.100. The molecule has 11 heavy (non-hydrogen) atoms. The van der Waals surface area contributed by atoms with Gasteiger partial charge in [0, 0.05) is 0 Å². The summed E-state index contributed by atoms with van der Waals surface area (Å²) in [4.78, 5) is 2.12. The number of nitrogens with zero attached hydrogens (tertiary/aromatic N) is 1. The van der Waals surface area contributed by atoms with E-state index in [1.165, 1.54) is 8.76 Å². The fourth-order valence-corrected chi connectivity index (χ4v) is 1.71. The van der Waals surface area contributed by atoms with E-state index in [1.54, 1.807) is 0 Å². The van der Waals surface area contributed by atoms with Gasteiger partial charge >= 0.3 is 78.1 Å². The van der Waals surface area contributed by atoms with Gasteiger partial charge in [-0.25, -0.2) is 0 Å². The van der Waals surface area contributed by atoms with Gasteiger partial charge < -0.3 is 5.48 Å². The Morgan fingerprint density at radius 1 is 1.09 bits per heavy atom. The second-order valence-electron chi connectivity index (χ2n) is 2.56. The van der Waals surface area contributed by atoms with Crippen molar-refractivity contribution in [3.8, 4) is 0 Å². The third-order valence-corrected chi connectivity index (χ3v) is 3.29. The van der Waals surface area contributed by atoms with Gasteiger partial charge in [0.05, 0.1) is 0 Å². The van der Waals surface area contributed by atoms with E-state index in [0.717, 1.165) is 26.1 Å². The maximum Gasteiger partial charge on any atom is -0.412 e. The smallest absolute Gasteiger partial charge is 0.412 e. The second kappa shape index (κ2) is 4.72. The molecule has 0 spiro atoms. The summed E-state index contributed by atoms with van der Waals surface area (Å²) >= 11 is 0.770. The Kier molecular flexibility index (Phi) is 4.69. The van der Waals surface area contributed by atoms with Crippen LogP contribution in [-0.4, -0.2) is 19.6 Å². The molecule has 2 N–H and O–H groups in total. The summed E-state index contributed by atoms with van der Waals surface area (Å²) in [5.74, 6) is 0. The van der Waals surface area contributed by atoms with Crippen molar-refractivity contribution in [3.05, 3.63) is 24.3 Å². The van der Waals surface area contributed by atoms with Crippen LogP contribution in [-0.2, 0) is 26.1 Å². The maximum atomic E-state index is 2.21. The van der Waals surface area contributed by atoms with Gasteiger partial charge in [-0.15, -0.1) is 0 Å². The van der Waals surface area contributed by atoms with Crippen molar-refractivity contribution < 1.29 is 31.6 Å².